The van der Waals surface area contributed by atoms with Crippen molar-refractivity contribution in [3.8, 4) is 0 Å². The van der Waals surface area contributed by atoms with Gasteiger partial charge in [0.25, 0.3) is 0 Å². The van der Waals surface area contributed by atoms with E-state index in [2.05, 4.69) is 10.2 Å². The molecule has 1 aliphatic heterocycles. The standard InChI is InChI=1S/C13H16FN3O3/c14-11-2-1-10(9-12(11)17(19)20)13(18)3-6-16-7-4-15-5-8-16/h1-2,9,15H,3-8H2. The summed E-state index contributed by atoms with van der Waals surface area (Å²) in [5.41, 5.74) is -0.466. The van der Waals surface area contributed by atoms with E-state index in [4.69, 9.17) is 0 Å². The molecule has 1 fully saturated rings. The monoisotopic (exact) mass is 281 g/mol. The van der Waals surface area contributed by atoms with Gasteiger partial charge in [0.05, 0.1) is 4.92 Å². The Morgan fingerprint density at radius 3 is 2.75 bits per heavy atom. The fourth-order valence-electron chi connectivity index (χ4n) is 2.16. The SMILES string of the molecule is O=C(CCN1CCNCC1)c1ccc(F)c([N+](=O)[O-])c1. The van der Waals surface area contributed by atoms with Gasteiger partial charge >= 0.3 is 5.69 Å². The highest BCUT2D eigenvalue weighted by Crippen LogP contribution is 2.19. The molecule has 0 aromatic heterocycles. The number of benzene rings is 1. The van der Waals surface area contributed by atoms with E-state index in [1.807, 2.05) is 0 Å². The van der Waals surface area contributed by atoms with Gasteiger partial charge in [-0.25, -0.2) is 0 Å². The normalized spacial score (nSPS) is 16.1. The van der Waals surface area contributed by atoms with E-state index in [0.717, 1.165) is 38.3 Å². The Morgan fingerprint density at radius 1 is 1.40 bits per heavy atom. The second kappa shape index (κ2) is 6.53. The average Bonchev–Trinajstić information content (AvgIpc) is 2.46. The Labute approximate surface area is 115 Å². The number of carbonyl (C=O) groups excluding carboxylic acids is 1. The minimum atomic E-state index is -0.923. The van der Waals surface area contributed by atoms with Crippen molar-refractivity contribution in [2.45, 2.75) is 6.42 Å². The molecule has 0 saturated carbocycles. The first-order valence-corrected chi connectivity index (χ1v) is 6.48. The van der Waals surface area contributed by atoms with Crippen molar-refractivity contribution >= 4 is 11.5 Å². The summed E-state index contributed by atoms with van der Waals surface area (Å²) in [6.07, 6.45) is 0.281. The van der Waals surface area contributed by atoms with E-state index >= 15 is 0 Å². The van der Waals surface area contributed by atoms with Gasteiger partial charge in [0.2, 0.25) is 5.82 Å². The predicted molar refractivity (Wildman–Crippen MR) is 71.3 cm³/mol. The zero-order chi connectivity index (χ0) is 14.5. The molecule has 2 rings (SSSR count). The zero-order valence-electron chi connectivity index (χ0n) is 11.0. The Balaban J connectivity index is 1.98. The molecule has 0 unspecified atom stereocenters. The van der Waals surface area contributed by atoms with Crippen molar-refractivity contribution in [3.05, 3.63) is 39.7 Å². The molecule has 1 aromatic rings. The van der Waals surface area contributed by atoms with Crippen LogP contribution in [0.25, 0.3) is 0 Å². The first kappa shape index (κ1) is 14.5. The summed E-state index contributed by atoms with van der Waals surface area (Å²) in [7, 11) is 0. The van der Waals surface area contributed by atoms with Crippen LogP contribution in [-0.4, -0.2) is 48.3 Å². The van der Waals surface area contributed by atoms with E-state index in [1.165, 1.54) is 6.07 Å². The van der Waals surface area contributed by atoms with Gasteiger partial charge in [-0.3, -0.25) is 14.9 Å². The first-order chi connectivity index (χ1) is 9.58. The molecule has 0 aliphatic carbocycles. The smallest absolute Gasteiger partial charge is 0.305 e. The van der Waals surface area contributed by atoms with Crippen molar-refractivity contribution < 1.29 is 14.1 Å². The van der Waals surface area contributed by atoms with Crippen LogP contribution in [0, 0.1) is 15.9 Å². The molecule has 1 N–H and O–H groups in total. The fourth-order valence-corrected chi connectivity index (χ4v) is 2.16. The third-order valence-electron chi connectivity index (χ3n) is 3.33. The Kier molecular flexibility index (Phi) is 4.75. The highest BCUT2D eigenvalue weighted by Gasteiger charge is 2.18. The quantitative estimate of drug-likeness (QED) is 0.499. The molecule has 0 bridgehead atoms. The molecule has 1 aliphatic rings. The number of Topliss-reactive ketones (excluding diaryl/α,β-unsaturated/α-hetero) is 1. The van der Waals surface area contributed by atoms with Crippen molar-refractivity contribution in [2.75, 3.05) is 32.7 Å². The number of nitrogens with one attached hydrogen (secondary N) is 1. The maximum atomic E-state index is 13.2. The van der Waals surface area contributed by atoms with Crippen LogP contribution in [0.15, 0.2) is 18.2 Å². The van der Waals surface area contributed by atoms with Gasteiger partial charge in [-0.1, -0.05) is 0 Å². The molecule has 0 radical (unpaired) electrons. The predicted octanol–water partition coefficient (Wildman–Crippen LogP) is 1.21. The first-order valence-electron chi connectivity index (χ1n) is 6.48. The number of carbonyl (C=O) groups is 1. The highest BCUT2D eigenvalue weighted by atomic mass is 19.1. The average molecular weight is 281 g/mol. The number of piperazine rings is 1. The van der Waals surface area contributed by atoms with Crippen LogP contribution in [0.2, 0.25) is 0 Å². The summed E-state index contributed by atoms with van der Waals surface area (Å²) < 4.78 is 13.2. The summed E-state index contributed by atoms with van der Waals surface area (Å²) in [6.45, 7) is 4.19. The molecule has 0 atom stereocenters. The highest BCUT2D eigenvalue weighted by molar-refractivity contribution is 5.96. The van der Waals surface area contributed by atoms with Crippen LogP contribution < -0.4 is 5.32 Å². The second-order valence-electron chi connectivity index (χ2n) is 4.69. The maximum absolute atomic E-state index is 13.2. The molecule has 1 heterocycles. The summed E-state index contributed by atoms with van der Waals surface area (Å²) in [4.78, 5) is 24.0. The van der Waals surface area contributed by atoms with E-state index in [-0.39, 0.29) is 17.8 Å². The van der Waals surface area contributed by atoms with Gasteiger partial charge in [0, 0.05) is 50.8 Å². The van der Waals surface area contributed by atoms with Crippen LogP contribution in [0.1, 0.15) is 16.8 Å². The lowest BCUT2D eigenvalue weighted by molar-refractivity contribution is -0.387. The molecule has 1 saturated heterocycles. The van der Waals surface area contributed by atoms with Gasteiger partial charge < -0.3 is 10.2 Å². The van der Waals surface area contributed by atoms with Gasteiger partial charge in [-0.15, -0.1) is 0 Å². The van der Waals surface area contributed by atoms with Gasteiger partial charge in [-0.2, -0.15) is 4.39 Å². The van der Waals surface area contributed by atoms with Crippen molar-refractivity contribution in [3.63, 3.8) is 0 Å². The number of halogens is 1. The van der Waals surface area contributed by atoms with Crippen LogP contribution in [0.3, 0.4) is 0 Å². The molecule has 0 amide bonds. The van der Waals surface area contributed by atoms with Crippen LogP contribution in [-0.2, 0) is 0 Å². The Morgan fingerprint density at radius 2 is 2.10 bits per heavy atom. The third kappa shape index (κ3) is 3.58. The number of rotatable bonds is 5. The minimum absolute atomic E-state index is 0.188. The van der Waals surface area contributed by atoms with Gasteiger partial charge in [-0.05, 0) is 12.1 Å². The molecule has 0 spiro atoms. The van der Waals surface area contributed by atoms with E-state index in [0.29, 0.717) is 6.54 Å². The molecule has 6 nitrogen and oxygen atoms in total. The lowest BCUT2D eigenvalue weighted by atomic mass is 10.1. The second-order valence-corrected chi connectivity index (χ2v) is 4.69. The molecule has 1 aromatic carbocycles. The maximum Gasteiger partial charge on any atom is 0.305 e. The number of ketones is 1. The lowest BCUT2D eigenvalue weighted by Gasteiger charge is -2.26. The summed E-state index contributed by atoms with van der Waals surface area (Å²) >= 11 is 0. The van der Waals surface area contributed by atoms with E-state index in [1.54, 1.807) is 0 Å². The number of nitro groups is 1. The van der Waals surface area contributed by atoms with Crippen molar-refractivity contribution in [1.82, 2.24) is 10.2 Å². The minimum Gasteiger partial charge on any atom is -0.314 e. The van der Waals surface area contributed by atoms with Gasteiger partial charge in [0.1, 0.15) is 0 Å². The number of nitrogens with zero attached hydrogens (tertiary/aromatic N) is 2. The molecule has 20 heavy (non-hydrogen) atoms. The molecule has 7 heteroatoms. The van der Waals surface area contributed by atoms with Crippen LogP contribution in [0.5, 0.6) is 0 Å². The Hall–Kier alpha value is -1.86. The van der Waals surface area contributed by atoms with Crippen molar-refractivity contribution in [1.29, 1.82) is 0 Å². The summed E-state index contributed by atoms with van der Waals surface area (Å²) in [5.74, 6) is -1.12. The third-order valence-corrected chi connectivity index (χ3v) is 3.33. The van der Waals surface area contributed by atoms with Crippen LogP contribution >= 0.6 is 0 Å². The lowest BCUT2D eigenvalue weighted by Crippen LogP contribution is -2.44. The largest absolute Gasteiger partial charge is 0.314 e. The Bertz CT molecular complexity index is 516. The molecular formula is C13H16FN3O3. The number of hydrogen-bond acceptors (Lipinski definition) is 5. The molecule has 108 valence electrons. The van der Waals surface area contributed by atoms with Gasteiger partial charge in [0.15, 0.2) is 5.78 Å². The van der Waals surface area contributed by atoms with E-state index in [9.17, 15) is 19.3 Å². The number of nitro benzene ring substituents is 1. The summed E-state index contributed by atoms with van der Waals surface area (Å²) in [6, 6.07) is 3.27. The number of hydrogen-bond donors (Lipinski definition) is 1. The topological polar surface area (TPSA) is 75.5 Å². The summed E-state index contributed by atoms with van der Waals surface area (Å²) in [5, 5.41) is 13.9. The zero-order valence-corrected chi connectivity index (χ0v) is 11.0. The van der Waals surface area contributed by atoms with Crippen molar-refractivity contribution in [2.24, 2.45) is 0 Å². The van der Waals surface area contributed by atoms with E-state index < -0.39 is 16.4 Å². The fraction of sp³-hybridized carbons (Fsp3) is 0.462. The molecular weight excluding hydrogens is 265 g/mol. The van der Waals surface area contributed by atoms with Crippen LogP contribution in [0.4, 0.5) is 10.1 Å².